The molecule has 0 spiro atoms. The number of halogens is 3. The van der Waals surface area contributed by atoms with Crippen molar-refractivity contribution in [3.63, 3.8) is 0 Å². The maximum atomic E-state index is 14.2. The molecular formula is C17H25B3F3O12. The molecule has 195 valence electrons. The Balaban J connectivity index is 1.78. The maximum absolute atomic E-state index is 14.2. The van der Waals surface area contributed by atoms with Gasteiger partial charge in [-0.3, -0.25) is 0 Å². The van der Waals surface area contributed by atoms with E-state index in [2.05, 4.69) is 0 Å². The standard InChI is InChI=1S/C17H25B3F3O12/c1-15(30)10(5(3-25)32-13(15)18)34-12(29)8-9(28)16(14(19)33-8,17(21,22)23)35-20-11-7(27)6(26)4(2-24)31-11/h4-14,24-30H,2-3H2,1H3/t4-,5-,6-,7-,8+,9-,10-,11-,12?,13-,14-,15-,16-/m1/s1. The first-order valence-electron chi connectivity index (χ1n) is 10.5. The van der Waals surface area contributed by atoms with Crippen molar-refractivity contribution in [2.24, 2.45) is 0 Å². The first-order valence-corrected chi connectivity index (χ1v) is 10.5. The quantitative estimate of drug-likeness (QED) is 0.122. The molecule has 0 aliphatic carbocycles. The van der Waals surface area contributed by atoms with Crippen molar-refractivity contribution >= 4 is 23.2 Å². The van der Waals surface area contributed by atoms with Crippen LogP contribution in [0.5, 0.6) is 0 Å². The minimum absolute atomic E-state index is 0.343. The second kappa shape index (κ2) is 10.3. The van der Waals surface area contributed by atoms with E-state index in [1.165, 1.54) is 0 Å². The summed E-state index contributed by atoms with van der Waals surface area (Å²) in [6.07, 6.45) is -20.2. The lowest BCUT2D eigenvalue weighted by Gasteiger charge is -2.39. The van der Waals surface area contributed by atoms with Gasteiger partial charge in [0.05, 0.1) is 25.2 Å². The highest BCUT2D eigenvalue weighted by molar-refractivity contribution is 6.30. The number of rotatable bonds is 8. The summed E-state index contributed by atoms with van der Waals surface area (Å²) in [6, 6.07) is -5.47. The number of hydrogen-bond acceptors (Lipinski definition) is 12. The molecule has 0 saturated carbocycles. The van der Waals surface area contributed by atoms with Crippen LogP contribution in [-0.4, -0.2) is 157 Å². The lowest BCUT2D eigenvalue weighted by atomic mass is 9.76. The Morgan fingerprint density at radius 3 is 2.11 bits per heavy atom. The number of aliphatic hydroxyl groups excluding tert-OH is 6. The number of alkyl halides is 3. The summed E-state index contributed by atoms with van der Waals surface area (Å²) in [5, 5.41) is 69.7. The van der Waals surface area contributed by atoms with Gasteiger partial charge in [0.1, 0.15) is 64.0 Å². The van der Waals surface area contributed by atoms with Crippen LogP contribution in [0.25, 0.3) is 0 Å². The second-order valence-corrected chi connectivity index (χ2v) is 8.76. The minimum Gasteiger partial charge on any atom is -0.421 e. The van der Waals surface area contributed by atoms with E-state index in [1.807, 2.05) is 0 Å². The van der Waals surface area contributed by atoms with Crippen LogP contribution in [0.15, 0.2) is 0 Å². The summed E-state index contributed by atoms with van der Waals surface area (Å²) in [5.74, 6) is 0. The zero-order valence-corrected chi connectivity index (χ0v) is 18.3. The van der Waals surface area contributed by atoms with E-state index in [0.717, 1.165) is 6.92 Å². The van der Waals surface area contributed by atoms with Crippen LogP contribution in [0.1, 0.15) is 6.92 Å². The van der Waals surface area contributed by atoms with Crippen LogP contribution < -0.4 is 0 Å². The molecule has 3 fully saturated rings. The molecule has 7 N–H and O–H groups in total. The van der Waals surface area contributed by atoms with Crippen molar-refractivity contribution < 1.29 is 72.5 Å². The molecule has 13 atom stereocenters. The van der Waals surface area contributed by atoms with Crippen LogP contribution in [0, 0.1) is 0 Å². The van der Waals surface area contributed by atoms with Crippen LogP contribution >= 0.6 is 0 Å². The highest BCUT2D eigenvalue weighted by atomic mass is 19.4. The Morgan fingerprint density at radius 2 is 1.60 bits per heavy atom. The van der Waals surface area contributed by atoms with Crippen molar-refractivity contribution in [1.29, 1.82) is 0 Å². The van der Waals surface area contributed by atoms with E-state index < -0.39 is 97.6 Å². The summed E-state index contributed by atoms with van der Waals surface area (Å²) in [6.45, 7) is -0.345. The van der Waals surface area contributed by atoms with E-state index in [9.17, 15) is 43.8 Å². The highest BCUT2D eigenvalue weighted by Gasteiger charge is 2.71. The second-order valence-electron chi connectivity index (χ2n) is 8.76. The average Bonchev–Trinajstić information content (AvgIpc) is 3.29. The van der Waals surface area contributed by atoms with Gasteiger partial charge < -0.3 is 59.3 Å². The third kappa shape index (κ3) is 4.89. The molecule has 12 nitrogen and oxygen atoms in total. The van der Waals surface area contributed by atoms with Crippen molar-refractivity contribution in [3.8, 4) is 0 Å². The maximum Gasteiger partial charge on any atom is 0.420 e. The monoisotopic (exact) mass is 511 g/mol. The third-order valence-electron chi connectivity index (χ3n) is 6.45. The van der Waals surface area contributed by atoms with Crippen LogP contribution in [0.2, 0.25) is 0 Å². The normalized spacial score (nSPS) is 49.5. The van der Waals surface area contributed by atoms with E-state index in [0.29, 0.717) is 7.48 Å². The molecule has 0 aromatic carbocycles. The van der Waals surface area contributed by atoms with Gasteiger partial charge >= 0.3 is 13.7 Å². The number of aliphatic hydroxyl groups is 7. The fourth-order valence-corrected chi connectivity index (χ4v) is 4.26. The van der Waals surface area contributed by atoms with Gasteiger partial charge in [-0.1, -0.05) is 0 Å². The Hall–Kier alpha value is -0.495. The zero-order chi connectivity index (χ0) is 26.5. The van der Waals surface area contributed by atoms with Gasteiger partial charge in [0, 0.05) is 6.00 Å². The fraction of sp³-hybridized carbons (Fsp3) is 1.00. The summed E-state index contributed by atoms with van der Waals surface area (Å²) >= 11 is 0. The topological polar surface area (TPSA) is 188 Å². The van der Waals surface area contributed by atoms with Gasteiger partial charge in [0.15, 0.2) is 11.9 Å². The SMILES string of the molecule is [B][C@@H]1O[C@H](CO)[C@@H](OC(O)[C@H]2O[C@@H]([B])[C@@](O[B][C@@H]3O[C@H](CO)[C@@H](O)[C@H]3O)(C(F)(F)F)[C@@H]2O)[C@@]1(C)O. The Morgan fingerprint density at radius 1 is 1.00 bits per heavy atom. The van der Waals surface area contributed by atoms with E-state index in [4.69, 9.17) is 44.4 Å². The Bertz CT molecular complexity index is 738. The Labute approximate surface area is 201 Å². The van der Waals surface area contributed by atoms with Crippen LogP contribution in [0.3, 0.4) is 0 Å². The smallest absolute Gasteiger partial charge is 0.420 e. The van der Waals surface area contributed by atoms with Gasteiger partial charge in [0.2, 0.25) is 0 Å². The van der Waals surface area contributed by atoms with Crippen molar-refractivity contribution in [1.82, 2.24) is 0 Å². The van der Waals surface area contributed by atoms with Gasteiger partial charge in [-0.2, -0.15) is 13.2 Å². The van der Waals surface area contributed by atoms with Gasteiger partial charge in [-0.05, 0) is 6.92 Å². The zero-order valence-electron chi connectivity index (χ0n) is 18.3. The minimum atomic E-state index is -5.42. The molecule has 18 heteroatoms. The lowest BCUT2D eigenvalue weighted by molar-refractivity contribution is -0.278. The summed E-state index contributed by atoms with van der Waals surface area (Å²) in [7, 11) is 11.5. The van der Waals surface area contributed by atoms with Gasteiger partial charge in [-0.15, -0.1) is 0 Å². The molecule has 3 saturated heterocycles. The molecule has 3 aliphatic heterocycles. The van der Waals surface area contributed by atoms with Crippen molar-refractivity contribution in [3.05, 3.63) is 0 Å². The first-order chi connectivity index (χ1) is 16.1. The van der Waals surface area contributed by atoms with E-state index >= 15 is 0 Å². The molecule has 35 heavy (non-hydrogen) atoms. The number of hydrogen-bond donors (Lipinski definition) is 7. The molecular weight excluding hydrogens is 486 g/mol. The van der Waals surface area contributed by atoms with Crippen molar-refractivity contribution in [2.75, 3.05) is 13.2 Å². The fourth-order valence-electron chi connectivity index (χ4n) is 4.26. The van der Waals surface area contributed by atoms with Gasteiger partial charge in [-0.25, -0.2) is 0 Å². The highest BCUT2D eigenvalue weighted by Crippen LogP contribution is 2.47. The molecule has 5 radical (unpaired) electrons. The predicted octanol–water partition coefficient (Wildman–Crippen LogP) is -5.04. The van der Waals surface area contributed by atoms with Gasteiger partial charge in [0.25, 0.3) is 0 Å². The molecule has 3 heterocycles. The first kappa shape index (κ1) is 29.1. The summed E-state index contributed by atoms with van der Waals surface area (Å²) in [4.78, 5) is 0. The molecule has 0 bridgehead atoms. The van der Waals surface area contributed by atoms with E-state index in [1.54, 1.807) is 0 Å². The number of ether oxygens (including phenoxy) is 4. The summed E-state index contributed by atoms with van der Waals surface area (Å²) in [5.41, 5.74) is -5.69. The third-order valence-corrected chi connectivity index (χ3v) is 6.45. The molecule has 0 aromatic rings. The largest absolute Gasteiger partial charge is 0.421 e. The molecule has 0 amide bonds. The lowest BCUT2D eigenvalue weighted by Crippen LogP contribution is -2.63. The summed E-state index contributed by atoms with van der Waals surface area (Å²) < 4.78 is 67.5. The molecule has 3 aliphatic rings. The van der Waals surface area contributed by atoms with E-state index in [-0.39, 0.29) is 0 Å². The van der Waals surface area contributed by atoms with Crippen LogP contribution in [0.4, 0.5) is 13.2 Å². The predicted molar refractivity (Wildman–Crippen MR) is 107 cm³/mol. The molecule has 1 unspecified atom stereocenters. The Kier molecular flexibility index (Phi) is 8.59. The molecule has 0 aromatic heterocycles. The molecule has 3 rings (SSSR count). The van der Waals surface area contributed by atoms with Crippen LogP contribution in [-0.2, 0) is 23.6 Å². The average molecular weight is 511 g/mol. The van der Waals surface area contributed by atoms with Crippen molar-refractivity contribution in [2.45, 2.75) is 91.3 Å².